The molecule has 0 aliphatic carbocycles. The molecule has 16 heavy (non-hydrogen) atoms. The SMILES string of the molecule is CC(=O)CC1Cc2cc(O)ccc2S1(=O)=O. The van der Waals surface area contributed by atoms with Gasteiger partial charge in [0.1, 0.15) is 11.5 Å². The molecule has 0 fully saturated rings. The van der Waals surface area contributed by atoms with Gasteiger partial charge in [0.05, 0.1) is 10.1 Å². The second-order valence-electron chi connectivity index (χ2n) is 4.07. The molecule has 0 aromatic heterocycles. The molecular formula is C11H12O4S. The van der Waals surface area contributed by atoms with Crippen LogP contribution in [0, 0.1) is 0 Å². The summed E-state index contributed by atoms with van der Waals surface area (Å²) in [6.45, 7) is 1.38. The van der Waals surface area contributed by atoms with Gasteiger partial charge < -0.3 is 5.11 Å². The van der Waals surface area contributed by atoms with Crippen molar-refractivity contribution in [2.45, 2.75) is 29.9 Å². The molecule has 86 valence electrons. The lowest BCUT2D eigenvalue weighted by atomic mass is 10.1. The molecule has 0 saturated carbocycles. The number of carbonyl (C=O) groups excluding carboxylic acids is 1. The summed E-state index contributed by atoms with van der Waals surface area (Å²) in [7, 11) is -3.39. The molecule has 1 aliphatic rings. The second-order valence-corrected chi connectivity index (χ2v) is 6.27. The summed E-state index contributed by atoms with van der Waals surface area (Å²) in [5, 5.41) is 8.61. The largest absolute Gasteiger partial charge is 0.508 e. The maximum atomic E-state index is 12.0. The van der Waals surface area contributed by atoms with Gasteiger partial charge in [-0.15, -0.1) is 0 Å². The third-order valence-corrected chi connectivity index (χ3v) is 4.97. The van der Waals surface area contributed by atoms with Crippen molar-refractivity contribution in [3.8, 4) is 5.75 Å². The monoisotopic (exact) mass is 240 g/mol. The van der Waals surface area contributed by atoms with Crippen molar-refractivity contribution in [3.05, 3.63) is 23.8 Å². The van der Waals surface area contributed by atoms with Crippen molar-refractivity contribution >= 4 is 15.6 Å². The van der Waals surface area contributed by atoms with Gasteiger partial charge in [-0.05, 0) is 37.1 Å². The van der Waals surface area contributed by atoms with Gasteiger partial charge in [0.15, 0.2) is 9.84 Å². The molecular weight excluding hydrogens is 228 g/mol. The van der Waals surface area contributed by atoms with Crippen LogP contribution in [0.3, 0.4) is 0 Å². The smallest absolute Gasteiger partial charge is 0.182 e. The molecule has 4 nitrogen and oxygen atoms in total. The molecule has 0 bridgehead atoms. The molecule has 1 aliphatic heterocycles. The standard InChI is InChI=1S/C11H12O4S/c1-7(12)4-10-6-8-5-9(13)2-3-11(8)16(10,14)15/h2-3,5,10,13H,4,6H2,1H3. The molecule has 1 N–H and O–H groups in total. The fourth-order valence-electron chi connectivity index (χ4n) is 2.04. The van der Waals surface area contributed by atoms with Gasteiger partial charge >= 0.3 is 0 Å². The van der Waals surface area contributed by atoms with Gasteiger partial charge in [0.25, 0.3) is 0 Å². The van der Waals surface area contributed by atoms with Gasteiger partial charge in [-0.3, -0.25) is 4.79 Å². The third kappa shape index (κ3) is 1.71. The lowest BCUT2D eigenvalue weighted by Gasteiger charge is -2.05. The first-order chi connectivity index (χ1) is 7.41. The van der Waals surface area contributed by atoms with E-state index >= 15 is 0 Å². The number of benzene rings is 1. The van der Waals surface area contributed by atoms with Gasteiger partial charge in [0, 0.05) is 6.42 Å². The average molecular weight is 240 g/mol. The van der Waals surface area contributed by atoms with E-state index in [0.717, 1.165) is 0 Å². The number of rotatable bonds is 2. The molecule has 1 aromatic rings. The van der Waals surface area contributed by atoms with Gasteiger partial charge in [-0.2, -0.15) is 0 Å². The average Bonchev–Trinajstić information content (AvgIpc) is 2.37. The number of sulfone groups is 1. The van der Waals surface area contributed by atoms with E-state index in [-0.39, 0.29) is 22.8 Å². The Balaban J connectivity index is 2.45. The Hall–Kier alpha value is -1.36. The molecule has 1 atom stereocenters. The fraction of sp³-hybridized carbons (Fsp3) is 0.364. The number of Topliss-reactive ketones (excluding diaryl/α,β-unsaturated/α-hetero) is 1. The van der Waals surface area contributed by atoms with E-state index in [4.69, 9.17) is 0 Å². The Morgan fingerprint density at radius 1 is 1.50 bits per heavy atom. The second kappa shape index (κ2) is 3.59. The molecule has 0 saturated heterocycles. The molecule has 1 unspecified atom stereocenters. The van der Waals surface area contributed by atoms with Crippen molar-refractivity contribution in [2.75, 3.05) is 0 Å². The zero-order valence-corrected chi connectivity index (χ0v) is 9.62. The molecule has 0 amide bonds. The predicted molar refractivity (Wildman–Crippen MR) is 58.1 cm³/mol. The van der Waals surface area contributed by atoms with E-state index in [1.165, 1.54) is 25.1 Å². The normalized spacial score (nSPS) is 21.7. The summed E-state index contributed by atoms with van der Waals surface area (Å²) in [6, 6.07) is 4.21. The van der Waals surface area contributed by atoms with Crippen LogP contribution < -0.4 is 0 Å². The summed E-state index contributed by atoms with van der Waals surface area (Å²) in [5.74, 6) is -0.0805. The van der Waals surface area contributed by atoms with Crippen LogP contribution in [0.5, 0.6) is 5.75 Å². The highest BCUT2D eigenvalue weighted by Gasteiger charge is 2.37. The Bertz CT molecular complexity index is 545. The van der Waals surface area contributed by atoms with Crippen LogP contribution in [0.25, 0.3) is 0 Å². The Morgan fingerprint density at radius 2 is 2.19 bits per heavy atom. The summed E-state index contributed by atoms with van der Waals surface area (Å²) in [4.78, 5) is 11.2. The number of carbonyl (C=O) groups is 1. The van der Waals surface area contributed by atoms with Crippen molar-refractivity contribution in [1.29, 1.82) is 0 Å². The van der Waals surface area contributed by atoms with Crippen LogP contribution in [0.1, 0.15) is 18.9 Å². The van der Waals surface area contributed by atoms with E-state index < -0.39 is 15.1 Å². The highest BCUT2D eigenvalue weighted by atomic mass is 32.2. The summed E-state index contributed by atoms with van der Waals surface area (Å²) in [6.07, 6.45) is 0.351. The minimum Gasteiger partial charge on any atom is -0.508 e. The van der Waals surface area contributed by atoms with Crippen LogP contribution in [0.4, 0.5) is 0 Å². The van der Waals surface area contributed by atoms with Gasteiger partial charge in [-0.25, -0.2) is 8.42 Å². The quantitative estimate of drug-likeness (QED) is 0.839. The van der Waals surface area contributed by atoms with Crippen LogP contribution >= 0.6 is 0 Å². The van der Waals surface area contributed by atoms with Crippen molar-refractivity contribution in [2.24, 2.45) is 0 Å². The minimum atomic E-state index is -3.39. The van der Waals surface area contributed by atoms with Crippen LogP contribution in [0.2, 0.25) is 0 Å². The molecule has 0 radical (unpaired) electrons. The summed E-state index contributed by atoms with van der Waals surface area (Å²) in [5.41, 5.74) is 0.603. The van der Waals surface area contributed by atoms with Gasteiger partial charge in [-0.1, -0.05) is 0 Å². The van der Waals surface area contributed by atoms with E-state index in [1.54, 1.807) is 0 Å². The topological polar surface area (TPSA) is 71.4 Å². The van der Waals surface area contributed by atoms with E-state index in [1.807, 2.05) is 0 Å². The first-order valence-corrected chi connectivity index (χ1v) is 6.51. The predicted octanol–water partition coefficient (Wildman–Crippen LogP) is 1.07. The maximum absolute atomic E-state index is 12.0. The van der Waals surface area contributed by atoms with Crippen molar-refractivity contribution in [3.63, 3.8) is 0 Å². The number of aromatic hydroxyl groups is 1. The number of ketones is 1. The van der Waals surface area contributed by atoms with Crippen LogP contribution in [0.15, 0.2) is 23.1 Å². The highest BCUT2D eigenvalue weighted by molar-refractivity contribution is 7.92. The number of phenols is 1. The number of fused-ring (bicyclic) bond motifs is 1. The number of hydrogen-bond donors (Lipinski definition) is 1. The fourth-order valence-corrected chi connectivity index (χ4v) is 4.02. The van der Waals surface area contributed by atoms with E-state index in [2.05, 4.69) is 0 Å². The first-order valence-electron chi connectivity index (χ1n) is 4.96. The lowest BCUT2D eigenvalue weighted by Crippen LogP contribution is -2.19. The molecule has 5 heteroatoms. The minimum absolute atomic E-state index is 0.0395. The van der Waals surface area contributed by atoms with E-state index in [9.17, 15) is 18.3 Å². The van der Waals surface area contributed by atoms with E-state index in [0.29, 0.717) is 12.0 Å². The Morgan fingerprint density at radius 3 is 2.81 bits per heavy atom. The number of phenolic OH excluding ortho intramolecular Hbond substituents is 1. The first kappa shape index (κ1) is 11.1. The van der Waals surface area contributed by atoms with Gasteiger partial charge in [0.2, 0.25) is 0 Å². The third-order valence-electron chi connectivity index (χ3n) is 2.75. The Kier molecular flexibility index (Phi) is 2.50. The van der Waals surface area contributed by atoms with Crippen LogP contribution in [-0.4, -0.2) is 24.6 Å². The molecule has 2 rings (SSSR count). The van der Waals surface area contributed by atoms with Crippen LogP contribution in [-0.2, 0) is 21.1 Å². The van der Waals surface area contributed by atoms with Crippen molar-refractivity contribution < 1.29 is 18.3 Å². The summed E-state index contributed by atoms with van der Waals surface area (Å²) < 4.78 is 24.0. The zero-order valence-electron chi connectivity index (χ0n) is 8.80. The number of hydrogen-bond acceptors (Lipinski definition) is 4. The molecule has 0 spiro atoms. The zero-order chi connectivity index (χ0) is 11.9. The molecule has 1 heterocycles. The summed E-state index contributed by atoms with van der Waals surface area (Å²) >= 11 is 0. The maximum Gasteiger partial charge on any atom is 0.182 e. The Labute approximate surface area is 93.8 Å². The highest BCUT2D eigenvalue weighted by Crippen LogP contribution is 2.34. The lowest BCUT2D eigenvalue weighted by molar-refractivity contribution is -0.117. The van der Waals surface area contributed by atoms with Crippen molar-refractivity contribution in [1.82, 2.24) is 0 Å². The molecule has 1 aromatic carbocycles.